The van der Waals surface area contributed by atoms with Gasteiger partial charge in [0, 0.05) is 13.6 Å². The van der Waals surface area contributed by atoms with Gasteiger partial charge >= 0.3 is 5.97 Å². The third kappa shape index (κ3) is 2.09. The van der Waals surface area contributed by atoms with E-state index in [-0.39, 0.29) is 11.5 Å². The number of anilines is 2. The molecule has 1 aromatic rings. The molecule has 0 saturated heterocycles. The zero-order chi connectivity index (χ0) is 10.6. The van der Waals surface area contributed by atoms with Gasteiger partial charge in [-0.05, 0) is 6.92 Å². The largest absolute Gasteiger partial charge is 0.476 e. The number of rotatable bonds is 4. The second kappa shape index (κ2) is 4.40. The number of nitrogens with zero attached hydrogens (tertiary/aromatic N) is 2. The molecule has 0 amide bonds. The van der Waals surface area contributed by atoms with Gasteiger partial charge in [0.2, 0.25) is 0 Å². The minimum atomic E-state index is -1.09. The highest BCUT2D eigenvalue weighted by atomic mass is 16.4. The van der Waals surface area contributed by atoms with E-state index in [9.17, 15) is 4.79 Å². The molecule has 0 aliphatic rings. The highest BCUT2D eigenvalue weighted by molar-refractivity contribution is 5.90. The number of carboxylic acid groups (broad SMARTS) is 1. The Bertz CT molecular complexity index is 340. The van der Waals surface area contributed by atoms with Crippen molar-refractivity contribution in [3.63, 3.8) is 0 Å². The number of aromatic nitrogens is 2. The summed E-state index contributed by atoms with van der Waals surface area (Å²) < 4.78 is 0. The first-order valence-electron chi connectivity index (χ1n) is 4.21. The lowest BCUT2D eigenvalue weighted by atomic mass is 10.4. The maximum absolute atomic E-state index is 10.7. The molecule has 0 bridgehead atoms. The van der Waals surface area contributed by atoms with E-state index in [4.69, 9.17) is 5.11 Å². The molecule has 6 heteroatoms. The molecular formula is C8H12N4O2. The van der Waals surface area contributed by atoms with Crippen LogP contribution in [0.4, 0.5) is 11.6 Å². The van der Waals surface area contributed by atoms with Crippen molar-refractivity contribution in [2.75, 3.05) is 24.2 Å². The Morgan fingerprint density at radius 2 is 2.36 bits per heavy atom. The summed E-state index contributed by atoms with van der Waals surface area (Å²) in [5.41, 5.74) is -0.0749. The van der Waals surface area contributed by atoms with E-state index < -0.39 is 5.97 Å². The maximum Gasteiger partial charge on any atom is 0.358 e. The van der Waals surface area contributed by atoms with Crippen LogP contribution >= 0.6 is 0 Å². The highest BCUT2D eigenvalue weighted by Gasteiger charge is 2.12. The van der Waals surface area contributed by atoms with Gasteiger partial charge in [-0.25, -0.2) is 14.8 Å². The van der Waals surface area contributed by atoms with E-state index in [1.807, 2.05) is 6.92 Å². The van der Waals surface area contributed by atoms with E-state index in [0.717, 1.165) is 0 Å². The highest BCUT2D eigenvalue weighted by Crippen LogP contribution is 2.12. The summed E-state index contributed by atoms with van der Waals surface area (Å²) >= 11 is 0. The Kier molecular flexibility index (Phi) is 3.22. The number of aromatic carboxylic acids is 1. The average molecular weight is 196 g/mol. The van der Waals surface area contributed by atoms with Gasteiger partial charge in [0.25, 0.3) is 0 Å². The molecule has 0 saturated carbocycles. The van der Waals surface area contributed by atoms with Gasteiger partial charge in [-0.3, -0.25) is 0 Å². The monoisotopic (exact) mass is 196 g/mol. The molecular weight excluding hydrogens is 184 g/mol. The van der Waals surface area contributed by atoms with E-state index in [1.54, 1.807) is 7.05 Å². The Balaban J connectivity index is 3.05. The van der Waals surface area contributed by atoms with Gasteiger partial charge in [0.05, 0.1) is 6.20 Å². The molecule has 1 aromatic heterocycles. The Labute approximate surface area is 81.4 Å². The molecule has 0 aliphatic heterocycles. The van der Waals surface area contributed by atoms with E-state index >= 15 is 0 Å². The van der Waals surface area contributed by atoms with Crippen LogP contribution < -0.4 is 10.6 Å². The van der Waals surface area contributed by atoms with Crippen LogP contribution in [0.3, 0.4) is 0 Å². The quantitative estimate of drug-likeness (QED) is 0.655. The normalized spacial score (nSPS) is 9.57. The van der Waals surface area contributed by atoms with Crippen LogP contribution in [0, 0.1) is 0 Å². The van der Waals surface area contributed by atoms with Crippen LogP contribution in [0.15, 0.2) is 6.20 Å². The predicted octanol–water partition coefficient (Wildman–Crippen LogP) is 0.648. The van der Waals surface area contributed by atoms with Crippen LogP contribution in [0.1, 0.15) is 17.4 Å². The predicted molar refractivity (Wildman–Crippen MR) is 52.7 cm³/mol. The summed E-state index contributed by atoms with van der Waals surface area (Å²) in [5.74, 6) is -0.275. The molecule has 1 rings (SSSR count). The topological polar surface area (TPSA) is 87.1 Å². The fourth-order valence-electron chi connectivity index (χ4n) is 0.986. The molecule has 14 heavy (non-hydrogen) atoms. The minimum Gasteiger partial charge on any atom is -0.476 e. The van der Waals surface area contributed by atoms with Crippen molar-refractivity contribution in [2.45, 2.75) is 6.92 Å². The third-order valence-electron chi connectivity index (χ3n) is 1.57. The van der Waals surface area contributed by atoms with Crippen molar-refractivity contribution >= 4 is 17.6 Å². The van der Waals surface area contributed by atoms with Gasteiger partial charge in [-0.2, -0.15) is 0 Å². The summed E-state index contributed by atoms with van der Waals surface area (Å²) in [6.07, 6.45) is 1.40. The standard InChI is InChI=1S/C8H12N4O2/c1-3-10-5-4-11-6(8(13)14)7(9-2)12-5/h4H,3H2,1-2H3,(H,13,14)(H2,9,10,12). The third-order valence-corrected chi connectivity index (χ3v) is 1.57. The first-order valence-corrected chi connectivity index (χ1v) is 4.21. The lowest BCUT2D eigenvalue weighted by Crippen LogP contribution is -2.10. The molecule has 6 nitrogen and oxygen atoms in total. The van der Waals surface area contributed by atoms with Crippen molar-refractivity contribution in [2.24, 2.45) is 0 Å². The summed E-state index contributed by atoms with van der Waals surface area (Å²) in [6, 6.07) is 0. The van der Waals surface area contributed by atoms with E-state index in [1.165, 1.54) is 6.20 Å². The maximum atomic E-state index is 10.7. The summed E-state index contributed by atoms with van der Waals surface area (Å²) in [7, 11) is 1.60. The minimum absolute atomic E-state index is 0.0749. The van der Waals surface area contributed by atoms with Gasteiger partial charge in [0.15, 0.2) is 11.5 Å². The van der Waals surface area contributed by atoms with Crippen LogP contribution in [-0.4, -0.2) is 34.6 Å². The smallest absolute Gasteiger partial charge is 0.358 e. The van der Waals surface area contributed by atoms with Crippen molar-refractivity contribution in [1.29, 1.82) is 0 Å². The van der Waals surface area contributed by atoms with Crippen LogP contribution in [0.5, 0.6) is 0 Å². The Hall–Kier alpha value is -1.85. The summed E-state index contributed by atoms with van der Waals surface area (Å²) in [4.78, 5) is 18.5. The Morgan fingerprint density at radius 3 is 2.86 bits per heavy atom. The Morgan fingerprint density at radius 1 is 1.64 bits per heavy atom. The van der Waals surface area contributed by atoms with Crippen molar-refractivity contribution in [3.05, 3.63) is 11.9 Å². The van der Waals surface area contributed by atoms with Gasteiger partial charge in [0.1, 0.15) is 5.82 Å². The zero-order valence-electron chi connectivity index (χ0n) is 8.03. The van der Waals surface area contributed by atoms with Crippen molar-refractivity contribution < 1.29 is 9.90 Å². The van der Waals surface area contributed by atoms with Gasteiger partial charge in [-0.15, -0.1) is 0 Å². The number of carbonyl (C=O) groups is 1. The molecule has 3 N–H and O–H groups in total. The lowest BCUT2D eigenvalue weighted by Gasteiger charge is -2.06. The average Bonchev–Trinajstić information content (AvgIpc) is 2.17. The fourth-order valence-corrected chi connectivity index (χ4v) is 0.986. The lowest BCUT2D eigenvalue weighted by molar-refractivity contribution is 0.0691. The molecule has 0 radical (unpaired) electrons. The molecule has 0 spiro atoms. The zero-order valence-corrected chi connectivity index (χ0v) is 8.03. The van der Waals surface area contributed by atoms with Crippen LogP contribution in [0.2, 0.25) is 0 Å². The molecule has 0 fully saturated rings. The van der Waals surface area contributed by atoms with Crippen LogP contribution in [-0.2, 0) is 0 Å². The molecule has 0 atom stereocenters. The second-order valence-corrected chi connectivity index (χ2v) is 2.54. The van der Waals surface area contributed by atoms with Crippen molar-refractivity contribution in [3.8, 4) is 0 Å². The fraction of sp³-hybridized carbons (Fsp3) is 0.375. The molecule has 76 valence electrons. The summed E-state index contributed by atoms with van der Waals surface area (Å²) in [6.45, 7) is 2.64. The number of nitrogens with one attached hydrogen (secondary N) is 2. The molecule has 0 aromatic carbocycles. The summed E-state index contributed by atoms with van der Waals surface area (Å²) in [5, 5.41) is 14.4. The van der Waals surface area contributed by atoms with Crippen LogP contribution in [0.25, 0.3) is 0 Å². The SMILES string of the molecule is CCNc1cnc(C(=O)O)c(NC)n1. The first kappa shape index (κ1) is 10.2. The molecule has 0 aliphatic carbocycles. The van der Waals surface area contributed by atoms with Crippen molar-refractivity contribution in [1.82, 2.24) is 9.97 Å². The van der Waals surface area contributed by atoms with E-state index in [0.29, 0.717) is 12.4 Å². The number of hydrogen-bond donors (Lipinski definition) is 3. The van der Waals surface area contributed by atoms with Gasteiger partial charge in [-0.1, -0.05) is 0 Å². The second-order valence-electron chi connectivity index (χ2n) is 2.54. The first-order chi connectivity index (χ1) is 6.69. The molecule has 1 heterocycles. The van der Waals surface area contributed by atoms with E-state index in [2.05, 4.69) is 20.6 Å². The van der Waals surface area contributed by atoms with Gasteiger partial charge < -0.3 is 15.7 Å². The number of carboxylic acids is 1. The molecule has 0 unspecified atom stereocenters. The number of hydrogen-bond acceptors (Lipinski definition) is 5.